The second kappa shape index (κ2) is 4.99. The van der Waals surface area contributed by atoms with Gasteiger partial charge in [0.15, 0.2) is 0 Å². The van der Waals surface area contributed by atoms with Crippen molar-refractivity contribution in [2.24, 2.45) is 0 Å². The van der Waals surface area contributed by atoms with E-state index in [0.29, 0.717) is 0 Å². The van der Waals surface area contributed by atoms with E-state index in [1.165, 1.54) is 0 Å². The van der Waals surface area contributed by atoms with E-state index in [0.717, 1.165) is 12.8 Å². The van der Waals surface area contributed by atoms with Crippen LogP contribution in [0.25, 0.3) is 0 Å². The topological polar surface area (TPSA) is 32.3 Å². The smallest absolute Gasteiger partial charge is 0.317 e. The molecule has 1 unspecified atom stereocenters. The molecule has 0 spiro atoms. The van der Waals surface area contributed by atoms with Gasteiger partial charge in [-0.15, -0.1) is 0 Å². The SMILES string of the molecule is CCCC(C)NC(=O)N(C)C. The highest BCUT2D eigenvalue weighted by Crippen LogP contribution is 1.94. The number of carbonyl (C=O) groups is 1. The molecule has 1 atom stereocenters. The Morgan fingerprint density at radius 2 is 2.09 bits per heavy atom. The molecule has 0 radical (unpaired) electrons. The minimum Gasteiger partial charge on any atom is -0.336 e. The molecule has 0 saturated carbocycles. The van der Waals surface area contributed by atoms with Crippen LogP contribution in [-0.4, -0.2) is 31.1 Å². The second-order valence-corrected chi connectivity index (χ2v) is 3.03. The Morgan fingerprint density at radius 3 is 2.45 bits per heavy atom. The zero-order valence-electron chi connectivity index (χ0n) is 7.85. The third kappa shape index (κ3) is 4.65. The molecular formula is C8H18N2O. The first kappa shape index (κ1) is 10.3. The van der Waals surface area contributed by atoms with E-state index in [1.807, 2.05) is 6.92 Å². The van der Waals surface area contributed by atoms with E-state index in [2.05, 4.69) is 12.2 Å². The predicted octanol–water partition coefficient (Wildman–Crippen LogP) is 1.45. The minimum absolute atomic E-state index is 0.00838. The first-order valence-corrected chi connectivity index (χ1v) is 4.05. The molecule has 66 valence electrons. The molecule has 0 saturated heterocycles. The standard InChI is InChI=1S/C8H18N2O/c1-5-6-7(2)9-8(11)10(3)4/h7H,5-6H2,1-4H3,(H,9,11). The summed E-state index contributed by atoms with van der Waals surface area (Å²) < 4.78 is 0. The summed E-state index contributed by atoms with van der Waals surface area (Å²) in [5, 5.41) is 2.87. The van der Waals surface area contributed by atoms with Gasteiger partial charge in [-0.2, -0.15) is 0 Å². The lowest BCUT2D eigenvalue weighted by Crippen LogP contribution is -2.39. The number of urea groups is 1. The van der Waals surface area contributed by atoms with Crippen LogP contribution in [0.5, 0.6) is 0 Å². The Labute approximate surface area is 68.8 Å². The van der Waals surface area contributed by atoms with Crippen LogP contribution in [-0.2, 0) is 0 Å². The summed E-state index contributed by atoms with van der Waals surface area (Å²) in [4.78, 5) is 12.6. The maximum atomic E-state index is 11.0. The van der Waals surface area contributed by atoms with E-state index in [4.69, 9.17) is 0 Å². The second-order valence-electron chi connectivity index (χ2n) is 3.03. The van der Waals surface area contributed by atoms with Gasteiger partial charge in [-0.1, -0.05) is 13.3 Å². The maximum absolute atomic E-state index is 11.0. The average Bonchev–Trinajstić information content (AvgIpc) is 1.87. The lowest BCUT2D eigenvalue weighted by molar-refractivity contribution is 0.213. The van der Waals surface area contributed by atoms with E-state index in [9.17, 15) is 4.79 Å². The fourth-order valence-electron chi connectivity index (χ4n) is 0.845. The van der Waals surface area contributed by atoms with Crippen molar-refractivity contribution in [3.63, 3.8) is 0 Å². The number of hydrogen-bond acceptors (Lipinski definition) is 1. The van der Waals surface area contributed by atoms with Crippen molar-refractivity contribution in [1.29, 1.82) is 0 Å². The van der Waals surface area contributed by atoms with E-state index in [-0.39, 0.29) is 12.1 Å². The molecular weight excluding hydrogens is 140 g/mol. The molecule has 3 heteroatoms. The van der Waals surface area contributed by atoms with Crippen LogP contribution in [0.1, 0.15) is 26.7 Å². The fraction of sp³-hybridized carbons (Fsp3) is 0.875. The van der Waals surface area contributed by atoms with Gasteiger partial charge in [-0.3, -0.25) is 0 Å². The van der Waals surface area contributed by atoms with Crippen molar-refractivity contribution in [3.05, 3.63) is 0 Å². The molecule has 3 nitrogen and oxygen atoms in total. The molecule has 0 heterocycles. The largest absolute Gasteiger partial charge is 0.336 e. The number of rotatable bonds is 3. The molecule has 0 rings (SSSR count). The van der Waals surface area contributed by atoms with Crippen LogP contribution in [0.2, 0.25) is 0 Å². The lowest BCUT2D eigenvalue weighted by atomic mass is 10.2. The van der Waals surface area contributed by atoms with Gasteiger partial charge < -0.3 is 10.2 Å². The van der Waals surface area contributed by atoms with Crippen molar-refractivity contribution >= 4 is 6.03 Å². The zero-order valence-corrected chi connectivity index (χ0v) is 7.85. The summed E-state index contributed by atoms with van der Waals surface area (Å²) in [5.41, 5.74) is 0. The van der Waals surface area contributed by atoms with Crippen molar-refractivity contribution < 1.29 is 4.79 Å². The van der Waals surface area contributed by atoms with Gasteiger partial charge >= 0.3 is 6.03 Å². The molecule has 1 N–H and O–H groups in total. The van der Waals surface area contributed by atoms with Gasteiger partial charge in [0.05, 0.1) is 0 Å². The van der Waals surface area contributed by atoms with Crippen LogP contribution in [0.4, 0.5) is 4.79 Å². The molecule has 0 aliphatic rings. The molecule has 0 aliphatic heterocycles. The Hall–Kier alpha value is -0.730. The third-order valence-corrected chi connectivity index (χ3v) is 1.50. The van der Waals surface area contributed by atoms with E-state index in [1.54, 1.807) is 19.0 Å². The number of nitrogens with one attached hydrogen (secondary N) is 1. The molecule has 0 bridgehead atoms. The van der Waals surface area contributed by atoms with E-state index < -0.39 is 0 Å². The predicted molar refractivity (Wildman–Crippen MR) is 46.6 cm³/mol. The van der Waals surface area contributed by atoms with Crippen LogP contribution >= 0.6 is 0 Å². The lowest BCUT2D eigenvalue weighted by Gasteiger charge is -2.16. The van der Waals surface area contributed by atoms with Gasteiger partial charge in [0.2, 0.25) is 0 Å². The summed E-state index contributed by atoms with van der Waals surface area (Å²) in [6.45, 7) is 4.13. The van der Waals surface area contributed by atoms with Gasteiger partial charge in [0, 0.05) is 20.1 Å². The highest BCUT2D eigenvalue weighted by molar-refractivity contribution is 5.73. The van der Waals surface area contributed by atoms with Crippen LogP contribution in [0.3, 0.4) is 0 Å². The summed E-state index contributed by atoms with van der Waals surface area (Å²) >= 11 is 0. The Morgan fingerprint density at radius 1 is 1.55 bits per heavy atom. The fourth-order valence-corrected chi connectivity index (χ4v) is 0.845. The Balaban J connectivity index is 3.57. The van der Waals surface area contributed by atoms with E-state index >= 15 is 0 Å². The monoisotopic (exact) mass is 158 g/mol. The minimum atomic E-state index is -0.00838. The zero-order chi connectivity index (χ0) is 8.85. The van der Waals surface area contributed by atoms with Crippen molar-refractivity contribution in [2.75, 3.05) is 14.1 Å². The normalized spacial score (nSPS) is 12.4. The average molecular weight is 158 g/mol. The van der Waals surface area contributed by atoms with Crippen LogP contribution in [0.15, 0.2) is 0 Å². The first-order valence-electron chi connectivity index (χ1n) is 4.05. The summed E-state index contributed by atoms with van der Waals surface area (Å²) in [7, 11) is 3.49. The number of amides is 2. The Bertz CT molecular complexity index is 123. The molecule has 11 heavy (non-hydrogen) atoms. The van der Waals surface area contributed by atoms with Crippen molar-refractivity contribution in [1.82, 2.24) is 10.2 Å². The quantitative estimate of drug-likeness (QED) is 0.662. The molecule has 0 aromatic rings. The molecule has 0 aromatic heterocycles. The number of nitrogens with zero attached hydrogens (tertiary/aromatic N) is 1. The summed E-state index contributed by atoms with van der Waals surface area (Å²) in [5.74, 6) is 0. The van der Waals surface area contributed by atoms with Crippen LogP contribution in [0, 0.1) is 0 Å². The van der Waals surface area contributed by atoms with Gasteiger partial charge in [-0.05, 0) is 13.3 Å². The van der Waals surface area contributed by atoms with Crippen LogP contribution < -0.4 is 5.32 Å². The highest BCUT2D eigenvalue weighted by atomic mass is 16.2. The molecule has 2 amide bonds. The first-order chi connectivity index (χ1) is 5.07. The summed E-state index contributed by atoms with van der Waals surface area (Å²) in [6, 6.07) is 0.279. The summed E-state index contributed by atoms with van der Waals surface area (Å²) in [6.07, 6.45) is 2.15. The van der Waals surface area contributed by atoms with Crippen molar-refractivity contribution in [2.45, 2.75) is 32.7 Å². The number of hydrogen-bond donors (Lipinski definition) is 1. The van der Waals surface area contributed by atoms with Gasteiger partial charge in [0.25, 0.3) is 0 Å². The molecule has 0 fully saturated rings. The molecule has 0 aliphatic carbocycles. The molecule has 0 aromatic carbocycles. The van der Waals surface area contributed by atoms with Gasteiger partial charge in [-0.25, -0.2) is 4.79 Å². The maximum Gasteiger partial charge on any atom is 0.317 e. The van der Waals surface area contributed by atoms with Crippen molar-refractivity contribution in [3.8, 4) is 0 Å². The third-order valence-electron chi connectivity index (χ3n) is 1.50. The van der Waals surface area contributed by atoms with Gasteiger partial charge in [0.1, 0.15) is 0 Å². The highest BCUT2D eigenvalue weighted by Gasteiger charge is 2.06. The number of carbonyl (C=O) groups excluding carboxylic acids is 1. The Kier molecular flexibility index (Phi) is 4.66.